The second-order valence-corrected chi connectivity index (χ2v) is 4.19. The molecule has 4 nitrogen and oxygen atoms in total. The van der Waals surface area contributed by atoms with Crippen molar-refractivity contribution in [3.63, 3.8) is 0 Å². The van der Waals surface area contributed by atoms with E-state index in [4.69, 9.17) is 4.74 Å². The van der Waals surface area contributed by atoms with Crippen LogP contribution in [0.25, 0.3) is 0 Å². The molecule has 1 N–H and O–H groups in total. The summed E-state index contributed by atoms with van der Waals surface area (Å²) in [7, 11) is 1.57. The molecule has 0 aromatic rings. The van der Waals surface area contributed by atoms with Crippen molar-refractivity contribution in [3.8, 4) is 0 Å². The SMILES string of the molecule is COCC(=O)N1CC2CCCNC2C1. The number of methoxy groups -OCH3 is 1. The fraction of sp³-hybridized carbons (Fsp3) is 0.900. The molecule has 0 radical (unpaired) electrons. The van der Waals surface area contributed by atoms with Crippen molar-refractivity contribution in [2.45, 2.75) is 18.9 Å². The first kappa shape index (κ1) is 9.93. The van der Waals surface area contributed by atoms with Crippen LogP contribution < -0.4 is 5.32 Å². The fourth-order valence-electron chi connectivity index (χ4n) is 2.47. The van der Waals surface area contributed by atoms with Crippen LogP contribution in [0.1, 0.15) is 12.8 Å². The van der Waals surface area contributed by atoms with Gasteiger partial charge in [-0.2, -0.15) is 0 Å². The van der Waals surface area contributed by atoms with Crippen LogP contribution in [-0.2, 0) is 9.53 Å². The highest BCUT2D eigenvalue weighted by Gasteiger charge is 2.35. The van der Waals surface area contributed by atoms with Gasteiger partial charge in [0.1, 0.15) is 6.61 Å². The summed E-state index contributed by atoms with van der Waals surface area (Å²) in [5, 5.41) is 3.47. The summed E-state index contributed by atoms with van der Waals surface area (Å²) >= 11 is 0. The molecule has 2 heterocycles. The highest BCUT2D eigenvalue weighted by atomic mass is 16.5. The van der Waals surface area contributed by atoms with Crippen LogP contribution in [0, 0.1) is 5.92 Å². The molecular weight excluding hydrogens is 180 g/mol. The maximum Gasteiger partial charge on any atom is 0.248 e. The molecule has 0 spiro atoms. The monoisotopic (exact) mass is 198 g/mol. The number of carbonyl (C=O) groups excluding carboxylic acids is 1. The fourth-order valence-corrected chi connectivity index (χ4v) is 2.47. The first-order valence-corrected chi connectivity index (χ1v) is 5.31. The highest BCUT2D eigenvalue weighted by molar-refractivity contribution is 5.77. The van der Waals surface area contributed by atoms with E-state index in [0.29, 0.717) is 12.0 Å². The van der Waals surface area contributed by atoms with E-state index in [1.807, 2.05) is 4.90 Å². The van der Waals surface area contributed by atoms with Crippen molar-refractivity contribution < 1.29 is 9.53 Å². The van der Waals surface area contributed by atoms with Gasteiger partial charge >= 0.3 is 0 Å². The number of nitrogens with zero attached hydrogens (tertiary/aromatic N) is 1. The summed E-state index contributed by atoms with van der Waals surface area (Å²) in [6.45, 7) is 3.11. The number of ether oxygens (including phenoxy) is 1. The maximum absolute atomic E-state index is 11.6. The Kier molecular flexibility index (Phi) is 3.03. The molecule has 0 aromatic heterocycles. The van der Waals surface area contributed by atoms with E-state index in [-0.39, 0.29) is 12.5 Å². The van der Waals surface area contributed by atoms with E-state index < -0.39 is 0 Å². The number of amides is 1. The van der Waals surface area contributed by atoms with Gasteiger partial charge in [-0.25, -0.2) is 0 Å². The van der Waals surface area contributed by atoms with Crippen molar-refractivity contribution in [2.24, 2.45) is 5.92 Å². The summed E-state index contributed by atoms with van der Waals surface area (Å²) in [5.41, 5.74) is 0. The molecule has 2 aliphatic rings. The third-order valence-corrected chi connectivity index (χ3v) is 3.22. The van der Waals surface area contributed by atoms with Gasteiger partial charge in [0.2, 0.25) is 5.91 Å². The standard InChI is InChI=1S/C10H18N2O2/c1-14-7-10(13)12-5-8-3-2-4-11-9(8)6-12/h8-9,11H,2-7H2,1H3. The van der Waals surface area contributed by atoms with Crippen LogP contribution in [0.15, 0.2) is 0 Å². The molecule has 0 bridgehead atoms. The van der Waals surface area contributed by atoms with E-state index in [0.717, 1.165) is 19.6 Å². The lowest BCUT2D eigenvalue weighted by atomic mass is 9.94. The van der Waals surface area contributed by atoms with E-state index >= 15 is 0 Å². The summed E-state index contributed by atoms with van der Waals surface area (Å²) in [5.74, 6) is 0.799. The van der Waals surface area contributed by atoms with E-state index in [1.54, 1.807) is 7.11 Å². The zero-order valence-electron chi connectivity index (χ0n) is 8.66. The third-order valence-electron chi connectivity index (χ3n) is 3.22. The molecule has 2 aliphatic heterocycles. The van der Waals surface area contributed by atoms with Crippen molar-refractivity contribution in [3.05, 3.63) is 0 Å². The number of likely N-dealkylation sites (tertiary alicyclic amines) is 1. The third kappa shape index (κ3) is 1.91. The smallest absolute Gasteiger partial charge is 0.248 e. The number of nitrogens with one attached hydrogen (secondary N) is 1. The predicted octanol–water partition coefficient (Wildman–Crippen LogP) is -0.157. The van der Waals surface area contributed by atoms with Crippen molar-refractivity contribution >= 4 is 5.91 Å². The summed E-state index contributed by atoms with van der Waals surface area (Å²) in [6.07, 6.45) is 2.50. The van der Waals surface area contributed by atoms with Crippen molar-refractivity contribution in [1.29, 1.82) is 0 Å². The van der Waals surface area contributed by atoms with Crippen LogP contribution in [-0.4, -0.2) is 50.2 Å². The number of carbonyl (C=O) groups is 1. The van der Waals surface area contributed by atoms with Crippen molar-refractivity contribution in [1.82, 2.24) is 10.2 Å². The van der Waals surface area contributed by atoms with Crippen LogP contribution in [0.4, 0.5) is 0 Å². The Morgan fingerprint density at radius 3 is 3.14 bits per heavy atom. The van der Waals surface area contributed by atoms with Gasteiger partial charge in [-0.1, -0.05) is 0 Å². The molecule has 2 saturated heterocycles. The Balaban J connectivity index is 1.89. The van der Waals surface area contributed by atoms with E-state index in [9.17, 15) is 4.79 Å². The molecule has 0 aliphatic carbocycles. The minimum atomic E-state index is 0.128. The average molecular weight is 198 g/mol. The Morgan fingerprint density at radius 1 is 1.57 bits per heavy atom. The van der Waals surface area contributed by atoms with Gasteiger partial charge in [-0.05, 0) is 25.3 Å². The Morgan fingerprint density at radius 2 is 2.43 bits per heavy atom. The zero-order valence-corrected chi connectivity index (χ0v) is 8.66. The molecular formula is C10H18N2O2. The van der Waals surface area contributed by atoms with Crippen molar-refractivity contribution in [2.75, 3.05) is 33.4 Å². The Labute approximate surface area is 84.6 Å². The zero-order chi connectivity index (χ0) is 9.97. The first-order chi connectivity index (χ1) is 6.81. The lowest BCUT2D eigenvalue weighted by Gasteiger charge is -2.24. The highest BCUT2D eigenvalue weighted by Crippen LogP contribution is 2.24. The molecule has 2 unspecified atom stereocenters. The molecule has 2 fully saturated rings. The number of piperidine rings is 1. The molecule has 0 aromatic carbocycles. The Bertz CT molecular complexity index is 206. The quantitative estimate of drug-likeness (QED) is 0.670. The minimum Gasteiger partial charge on any atom is -0.375 e. The number of fused-ring (bicyclic) bond motifs is 1. The average Bonchev–Trinajstić information content (AvgIpc) is 2.61. The summed E-state index contributed by atoms with van der Waals surface area (Å²) in [4.78, 5) is 13.5. The molecule has 4 heteroatoms. The molecule has 0 saturated carbocycles. The Hall–Kier alpha value is -0.610. The number of hydrogen-bond acceptors (Lipinski definition) is 3. The molecule has 14 heavy (non-hydrogen) atoms. The largest absolute Gasteiger partial charge is 0.375 e. The molecule has 2 atom stereocenters. The predicted molar refractivity (Wildman–Crippen MR) is 53.0 cm³/mol. The van der Waals surface area contributed by atoms with Gasteiger partial charge in [0, 0.05) is 26.2 Å². The van der Waals surface area contributed by atoms with Crippen LogP contribution in [0.5, 0.6) is 0 Å². The van der Waals surface area contributed by atoms with Crippen LogP contribution in [0.2, 0.25) is 0 Å². The topological polar surface area (TPSA) is 41.6 Å². The normalized spacial score (nSPS) is 31.6. The molecule has 1 amide bonds. The van der Waals surface area contributed by atoms with Gasteiger partial charge in [-0.15, -0.1) is 0 Å². The molecule has 2 rings (SSSR count). The van der Waals surface area contributed by atoms with Gasteiger partial charge in [0.05, 0.1) is 0 Å². The lowest BCUT2D eigenvalue weighted by molar-refractivity contribution is -0.134. The lowest BCUT2D eigenvalue weighted by Crippen LogP contribution is -2.41. The maximum atomic E-state index is 11.6. The van der Waals surface area contributed by atoms with Crippen LogP contribution in [0.3, 0.4) is 0 Å². The summed E-state index contributed by atoms with van der Waals surface area (Å²) < 4.78 is 4.86. The number of hydrogen-bond donors (Lipinski definition) is 1. The van der Waals surface area contributed by atoms with Gasteiger partial charge in [0.25, 0.3) is 0 Å². The summed E-state index contributed by atoms with van der Waals surface area (Å²) in [6, 6.07) is 0.532. The van der Waals surface area contributed by atoms with Crippen LogP contribution >= 0.6 is 0 Å². The van der Waals surface area contributed by atoms with Gasteiger partial charge in [-0.3, -0.25) is 4.79 Å². The minimum absolute atomic E-state index is 0.128. The van der Waals surface area contributed by atoms with E-state index in [2.05, 4.69) is 5.32 Å². The van der Waals surface area contributed by atoms with E-state index in [1.165, 1.54) is 12.8 Å². The van der Waals surface area contributed by atoms with Gasteiger partial charge in [0.15, 0.2) is 0 Å². The van der Waals surface area contributed by atoms with Gasteiger partial charge < -0.3 is 15.0 Å². The second kappa shape index (κ2) is 4.28. The first-order valence-electron chi connectivity index (χ1n) is 5.31. The molecule has 80 valence electrons. The second-order valence-electron chi connectivity index (χ2n) is 4.19. The number of rotatable bonds is 2.